The van der Waals surface area contributed by atoms with Crippen LogP contribution in [0, 0.1) is 20.8 Å². The minimum absolute atomic E-state index is 0.125. The second-order valence-corrected chi connectivity index (χ2v) is 9.16. The molecule has 0 saturated heterocycles. The summed E-state index contributed by atoms with van der Waals surface area (Å²) in [4.78, 5) is 32.3. The molecule has 1 N–H and O–H groups in total. The van der Waals surface area contributed by atoms with Crippen LogP contribution in [0.1, 0.15) is 41.6 Å². The van der Waals surface area contributed by atoms with Gasteiger partial charge in [0.15, 0.2) is 5.17 Å². The number of allylic oxidation sites excluding steroid dienone is 1. The lowest BCUT2D eigenvalue weighted by atomic mass is 9.93. The molecule has 1 amide bonds. The summed E-state index contributed by atoms with van der Waals surface area (Å²) in [5.41, 5.74) is 7.03. The van der Waals surface area contributed by atoms with Crippen LogP contribution in [0.5, 0.6) is 0 Å². The molecule has 0 aliphatic carbocycles. The molecular weight excluding hydrogens is 434 g/mol. The van der Waals surface area contributed by atoms with Crippen LogP contribution in [-0.4, -0.2) is 29.1 Å². The van der Waals surface area contributed by atoms with Gasteiger partial charge >= 0.3 is 5.97 Å². The molecule has 0 radical (unpaired) electrons. The summed E-state index contributed by atoms with van der Waals surface area (Å²) < 4.78 is 5.10. The van der Waals surface area contributed by atoms with Crippen molar-refractivity contribution in [2.75, 3.05) is 12.4 Å². The minimum atomic E-state index is -0.420. The number of amides is 1. The molecule has 1 unspecified atom stereocenters. The molecule has 0 spiro atoms. The van der Waals surface area contributed by atoms with E-state index in [-0.39, 0.29) is 12.3 Å². The van der Waals surface area contributed by atoms with Gasteiger partial charge in [0.1, 0.15) is 0 Å². The Balaban J connectivity index is 1.64. The zero-order valence-corrected chi connectivity index (χ0v) is 20.2. The third-order valence-electron chi connectivity index (χ3n) is 5.93. The van der Waals surface area contributed by atoms with Gasteiger partial charge < -0.3 is 15.0 Å². The average molecular weight is 462 g/mol. The summed E-state index contributed by atoms with van der Waals surface area (Å²) in [5.74, 6) is -0.545. The third-order valence-corrected chi connectivity index (χ3v) is 6.82. The number of benzene rings is 2. The number of methoxy groups -OCH3 is 1. The van der Waals surface area contributed by atoms with E-state index in [1.165, 1.54) is 24.4 Å². The molecule has 0 aromatic heterocycles. The highest BCUT2D eigenvalue weighted by molar-refractivity contribution is 8.16. The van der Waals surface area contributed by atoms with Gasteiger partial charge in [-0.1, -0.05) is 47.7 Å². The number of esters is 1. The number of rotatable bonds is 5. The van der Waals surface area contributed by atoms with E-state index in [0.717, 1.165) is 33.2 Å². The molecule has 1 atom stereocenters. The molecule has 4 rings (SSSR count). The van der Waals surface area contributed by atoms with Gasteiger partial charge in [-0.3, -0.25) is 4.79 Å². The summed E-state index contributed by atoms with van der Waals surface area (Å²) in [5, 5.41) is 5.68. The Hall–Kier alpha value is -3.32. The molecule has 2 aliphatic rings. The molecular formula is C26H27N3O3S. The number of fused-ring (bicyclic) bond motifs is 1. The normalized spacial score (nSPS) is 17.4. The van der Waals surface area contributed by atoms with Gasteiger partial charge in [0.2, 0.25) is 5.91 Å². The van der Waals surface area contributed by atoms with Crippen molar-refractivity contribution in [3.63, 3.8) is 0 Å². The molecule has 0 fully saturated rings. The van der Waals surface area contributed by atoms with Gasteiger partial charge in [-0.25, -0.2) is 9.79 Å². The van der Waals surface area contributed by atoms with E-state index in [1.807, 2.05) is 80.5 Å². The molecule has 0 saturated carbocycles. The first kappa shape index (κ1) is 22.9. The Kier molecular flexibility index (Phi) is 6.42. The van der Waals surface area contributed by atoms with Crippen molar-refractivity contribution in [3.05, 3.63) is 87.1 Å². The average Bonchev–Trinajstić information content (AvgIpc) is 3.17. The summed E-state index contributed by atoms with van der Waals surface area (Å²) in [7, 11) is 1.38. The highest BCUT2D eigenvalue weighted by Gasteiger charge is 2.40. The summed E-state index contributed by atoms with van der Waals surface area (Å²) in [6, 6.07) is 13.5. The van der Waals surface area contributed by atoms with Gasteiger partial charge in [0.05, 0.1) is 30.8 Å². The maximum absolute atomic E-state index is 12.9. The summed E-state index contributed by atoms with van der Waals surface area (Å²) in [6.07, 6.45) is 0.162. The molecule has 2 aromatic rings. The Morgan fingerprint density at radius 2 is 1.79 bits per heavy atom. The smallest absolute Gasteiger partial charge is 0.338 e. The van der Waals surface area contributed by atoms with Crippen molar-refractivity contribution < 1.29 is 14.3 Å². The number of ether oxygens (including phenoxy) is 1. The Labute approximate surface area is 198 Å². The fourth-order valence-electron chi connectivity index (χ4n) is 3.99. The number of nitrogens with one attached hydrogen (secondary N) is 1. The highest BCUT2D eigenvalue weighted by atomic mass is 32.2. The number of hydrogen-bond acceptors (Lipinski definition) is 6. The number of carbonyl (C=O) groups excluding carboxylic acids is 2. The van der Waals surface area contributed by atoms with Crippen molar-refractivity contribution in [3.8, 4) is 0 Å². The number of nitrogens with zero attached hydrogens (tertiary/aromatic N) is 2. The van der Waals surface area contributed by atoms with Crippen molar-refractivity contribution in [1.82, 2.24) is 4.90 Å². The number of carbonyl (C=O) groups is 2. The van der Waals surface area contributed by atoms with Crippen molar-refractivity contribution in [2.24, 2.45) is 4.99 Å². The first-order chi connectivity index (χ1) is 15.8. The first-order valence-electron chi connectivity index (χ1n) is 10.7. The number of anilines is 1. The molecule has 33 heavy (non-hydrogen) atoms. The SMILES string of the molecule is COC(=O)C1=C(C)N=C2SC=C(CC(=O)Nc3ccc(C)c(C)c3)N2C1c1ccc(C)cc1. The topological polar surface area (TPSA) is 71.0 Å². The zero-order valence-electron chi connectivity index (χ0n) is 19.4. The fraction of sp³-hybridized carbons (Fsp3) is 0.269. The van der Waals surface area contributed by atoms with Crippen LogP contribution >= 0.6 is 11.8 Å². The molecule has 2 aliphatic heterocycles. The largest absolute Gasteiger partial charge is 0.466 e. The van der Waals surface area contributed by atoms with Crippen LogP contribution in [0.3, 0.4) is 0 Å². The third kappa shape index (κ3) is 4.59. The number of aryl methyl sites for hydroxylation is 3. The molecule has 6 nitrogen and oxygen atoms in total. The van der Waals surface area contributed by atoms with Crippen molar-refractivity contribution in [1.29, 1.82) is 0 Å². The van der Waals surface area contributed by atoms with Crippen molar-refractivity contribution in [2.45, 2.75) is 40.2 Å². The van der Waals surface area contributed by atoms with Crippen LogP contribution in [0.15, 0.2) is 69.8 Å². The Bertz CT molecular complexity index is 1210. The van der Waals surface area contributed by atoms with E-state index >= 15 is 0 Å². The molecule has 2 heterocycles. The van der Waals surface area contributed by atoms with Crippen LogP contribution in [0.2, 0.25) is 0 Å². The van der Waals surface area contributed by atoms with Gasteiger partial charge in [0.25, 0.3) is 0 Å². The van der Waals surface area contributed by atoms with Crippen LogP contribution in [0.25, 0.3) is 0 Å². The number of amidine groups is 1. The van der Waals surface area contributed by atoms with Gasteiger partial charge in [-0.05, 0) is 61.9 Å². The second kappa shape index (κ2) is 9.27. The first-order valence-corrected chi connectivity index (χ1v) is 11.6. The van der Waals surface area contributed by atoms with Gasteiger partial charge in [-0.15, -0.1) is 0 Å². The van der Waals surface area contributed by atoms with Crippen LogP contribution in [0.4, 0.5) is 5.69 Å². The predicted molar refractivity (Wildman–Crippen MR) is 133 cm³/mol. The minimum Gasteiger partial charge on any atom is -0.466 e. The van der Waals surface area contributed by atoms with Crippen molar-refractivity contribution >= 4 is 34.5 Å². The van der Waals surface area contributed by atoms with E-state index < -0.39 is 12.0 Å². The van der Waals surface area contributed by atoms with Gasteiger partial charge in [-0.2, -0.15) is 0 Å². The van der Waals surface area contributed by atoms with E-state index in [1.54, 1.807) is 0 Å². The quantitative estimate of drug-likeness (QED) is 0.605. The molecule has 170 valence electrons. The standard InChI is InChI=1S/C26H27N3O3S/c1-15-6-9-19(10-7-15)24-23(25(31)32-5)18(4)27-26-29(24)21(14-33-26)13-22(30)28-20-11-8-16(2)17(3)12-20/h6-12,14,24H,13H2,1-5H3,(H,28,30). The van der Waals surface area contributed by atoms with Crippen LogP contribution in [-0.2, 0) is 14.3 Å². The fourth-order valence-corrected chi connectivity index (χ4v) is 4.96. The lowest BCUT2D eigenvalue weighted by Crippen LogP contribution is -2.37. The Morgan fingerprint density at radius 1 is 1.06 bits per heavy atom. The van der Waals surface area contributed by atoms with E-state index in [4.69, 9.17) is 4.74 Å². The van der Waals surface area contributed by atoms with E-state index in [9.17, 15) is 9.59 Å². The van der Waals surface area contributed by atoms with E-state index in [0.29, 0.717) is 11.3 Å². The summed E-state index contributed by atoms with van der Waals surface area (Å²) >= 11 is 1.46. The lowest BCUT2D eigenvalue weighted by molar-refractivity contribution is -0.136. The monoisotopic (exact) mass is 461 g/mol. The molecule has 0 bridgehead atoms. The van der Waals surface area contributed by atoms with Gasteiger partial charge in [0, 0.05) is 11.4 Å². The second-order valence-electron chi connectivity index (χ2n) is 8.32. The molecule has 2 aromatic carbocycles. The number of hydrogen-bond donors (Lipinski definition) is 1. The van der Waals surface area contributed by atoms with Crippen LogP contribution < -0.4 is 5.32 Å². The summed E-state index contributed by atoms with van der Waals surface area (Å²) in [6.45, 7) is 7.90. The predicted octanol–water partition coefficient (Wildman–Crippen LogP) is 5.39. The lowest BCUT2D eigenvalue weighted by Gasteiger charge is -2.36. The zero-order chi connectivity index (χ0) is 23.7. The molecule has 7 heteroatoms. The Morgan fingerprint density at radius 3 is 2.45 bits per heavy atom. The number of thioether (sulfide) groups is 1. The van der Waals surface area contributed by atoms with E-state index in [2.05, 4.69) is 10.3 Å². The maximum Gasteiger partial charge on any atom is 0.338 e. The highest BCUT2D eigenvalue weighted by Crippen LogP contribution is 2.44. The maximum atomic E-state index is 12.9. The number of aliphatic imine (C=N–C) groups is 1.